The average Bonchev–Trinajstić information content (AvgIpc) is 3.03. The molecule has 0 aliphatic carbocycles. The van der Waals surface area contributed by atoms with Crippen LogP contribution in [-0.4, -0.2) is 20.3 Å². The van der Waals surface area contributed by atoms with Gasteiger partial charge in [-0.15, -0.1) is 0 Å². The lowest BCUT2D eigenvalue weighted by Crippen LogP contribution is -2.09. The highest BCUT2D eigenvalue weighted by Crippen LogP contribution is 2.33. The van der Waals surface area contributed by atoms with E-state index in [2.05, 4.69) is 4.98 Å². The molecule has 132 valence electrons. The molecule has 0 unspecified atom stereocenters. The number of carbonyl (C=O) groups excluding carboxylic acids is 1. The lowest BCUT2D eigenvalue weighted by molar-refractivity contribution is -0.385. The monoisotopic (exact) mass is 355 g/mol. The number of hydrogen-bond acceptors (Lipinski definition) is 5. The molecule has 0 atom stereocenters. The smallest absolute Gasteiger partial charge is 0.312 e. The normalized spacial score (nSPS) is 10.6. The molecule has 8 heteroatoms. The fourth-order valence-electron chi connectivity index (χ4n) is 2.41. The first kappa shape index (κ1) is 17.3. The van der Waals surface area contributed by atoms with Crippen LogP contribution in [0.1, 0.15) is 21.7 Å². The second kappa shape index (κ2) is 6.75. The molecule has 0 saturated carbocycles. The van der Waals surface area contributed by atoms with E-state index >= 15 is 0 Å². The van der Waals surface area contributed by atoms with Crippen LogP contribution in [0.2, 0.25) is 0 Å². The Morgan fingerprint density at radius 1 is 1.27 bits per heavy atom. The summed E-state index contributed by atoms with van der Waals surface area (Å²) < 4.78 is 20.4. The summed E-state index contributed by atoms with van der Waals surface area (Å²) in [5, 5.41) is 11.4. The first-order chi connectivity index (χ1) is 12.4. The Balaban J connectivity index is 1.97. The molecular formula is C18H14FN3O4. The molecule has 0 fully saturated rings. The maximum Gasteiger partial charge on any atom is 0.312 e. The van der Waals surface area contributed by atoms with Crippen molar-refractivity contribution >= 4 is 11.5 Å². The summed E-state index contributed by atoms with van der Waals surface area (Å²) in [7, 11) is 1.66. The van der Waals surface area contributed by atoms with Crippen molar-refractivity contribution in [1.29, 1.82) is 0 Å². The van der Waals surface area contributed by atoms with Gasteiger partial charge in [0.15, 0.2) is 5.82 Å². The molecule has 0 saturated heterocycles. The predicted octanol–water partition coefficient (Wildman–Crippen LogP) is 3.80. The Hall–Kier alpha value is -3.55. The highest BCUT2D eigenvalue weighted by atomic mass is 19.1. The van der Waals surface area contributed by atoms with E-state index < -0.39 is 16.5 Å². The Bertz CT molecular complexity index is 1010. The predicted molar refractivity (Wildman–Crippen MR) is 90.9 cm³/mol. The number of hydrogen-bond donors (Lipinski definition) is 0. The van der Waals surface area contributed by atoms with Crippen molar-refractivity contribution in [3.05, 3.63) is 81.7 Å². The number of aromatic nitrogens is 2. The van der Waals surface area contributed by atoms with Gasteiger partial charge in [0.1, 0.15) is 11.6 Å². The quantitative estimate of drug-likeness (QED) is 0.395. The van der Waals surface area contributed by atoms with Crippen molar-refractivity contribution in [3.63, 3.8) is 0 Å². The number of halogens is 1. The summed E-state index contributed by atoms with van der Waals surface area (Å²) in [6, 6.07) is 7.94. The van der Waals surface area contributed by atoms with Crippen LogP contribution in [0.15, 0.2) is 48.8 Å². The van der Waals surface area contributed by atoms with Crippen LogP contribution in [0.25, 0.3) is 0 Å². The molecule has 0 radical (unpaired) electrons. The number of imidazole rings is 1. The molecule has 1 heterocycles. The van der Waals surface area contributed by atoms with Crippen molar-refractivity contribution in [2.24, 2.45) is 7.05 Å². The number of nitro groups is 1. The molecule has 0 aliphatic rings. The zero-order valence-electron chi connectivity index (χ0n) is 14.0. The first-order valence-corrected chi connectivity index (χ1v) is 7.61. The van der Waals surface area contributed by atoms with Crippen molar-refractivity contribution < 1.29 is 18.8 Å². The Kier molecular flexibility index (Phi) is 4.49. The molecule has 0 aliphatic heterocycles. The van der Waals surface area contributed by atoms with E-state index in [0.29, 0.717) is 5.56 Å². The van der Waals surface area contributed by atoms with E-state index in [4.69, 9.17) is 4.74 Å². The lowest BCUT2D eigenvalue weighted by Gasteiger charge is -2.09. The maximum atomic E-state index is 13.3. The molecule has 1 aromatic heterocycles. The van der Waals surface area contributed by atoms with Gasteiger partial charge in [0.2, 0.25) is 11.5 Å². The lowest BCUT2D eigenvalue weighted by atomic mass is 10.1. The minimum Gasteiger partial charge on any atom is -0.450 e. The molecule has 7 nitrogen and oxygen atoms in total. The molecule has 2 aromatic carbocycles. The van der Waals surface area contributed by atoms with Gasteiger partial charge in [0.25, 0.3) is 0 Å². The molecular weight excluding hydrogens is 341 g/mol. The van der Waals surface area contributed by atoms with Crippen LogP contribution >= 0.6 is 0 Å². The third-order valence-corrected chi connectivity index (χ3v) is 3.80. The molecule has 3 aromatic rings. The van der Waals surface area contributed by atoms with E-state index in [9.17, 15) is 19.3 Å². The Morgan fingerprint density at radius 3 is 2.65 bits per heavy atom. The van der Waals surface area contributed by atoms with E-state index in [0.717, 1.165) is 6.07 Å². The molecule has 0 spiro atoms. The van der Waals surface area contributed by atoms with Gasteiger partial charge in [-0.2, -0.15) is 0 Å². The highest BCUT2D eigenvalue weighted by Gasteiger charge is 2.22. The van der Waals surface area contributed by atoms with E-state index in [1.54, 1.807) is 20.2 Å². The van der Waals surface area contributed by atoms with Crippen LogP contribution in [0, 0.1) is 22.9 Å². The Labute approximate surface area is 147 Å². The summed E-state index contributed by atoms with van der Waals surface area (Å²) in [4.78, 5) is 27.2. The second-order valence-electron chi connectivity index (χ2n) is 5.64. The van der Waals surface area contributed by atoms with Gasteiger partial charge < -0.3 is 9.30 Å². The Morgan fingerprint density at radius 2 is 2.04 bits per heavy atom. The number of benzene rings is 2. The summed E-state index contributed by atoms with van der Waals surface area (Å²) >= 11 is 0. The third kappa shape index (κ3) is 3.30. The van der Waals surface area contributed by atoms with Gasteiger partial charge >= 0.3 is 5.69 Å². The van der Waals surface area contributed by atoms with Crippen LogP contribution in [0.4, 0.5) is 10.1 Å². The van der Waals surface area contributed by atoms with E-state index in [1.807, 2.05) is 0 Å². The number of nitrogens with zero attached hydrogens (tertiary/aromatic N) is 3. The fourth-order valence-corrected chi connectivity index (χ4v) is 2.41. The van der Waals surface area contributed by atoms with Gasteiger partial charge in [-0.3, -0.25) is 14.9 Å². The van der Waals surface area contributed by atoms with Gasteiger partial charge in [0.05, 0.1) is 4.92 Å². The zero-order chi connectivity index (χ0) is 18.8. The third-order valence-electron chi connectivity index (χ3n) is 3.80. The summed E-state index contributed by atoms with van der Waals surface area (Å²) in [5.41, 5.74) is 0.104. The first-order valence-electron chi connectivity index (χ1n) is 7.61. The fraction of sp³-hybridized carbons (Fsp3) is 0.111. The van der Waals surface area contributed by atoms with Crippen LogP contribution < -0.4 is 4.74 Å². The van der Waals surface area contributed by atoms with Crippen LogP contribution in [0.5, 0.6) is 11.5 Å². The zero-order valence-corrected chi connectivity index (χ0v) is 14.0. The average molecular weight is 355 g/mol. The highest BCUT2D eigenvalue weighted by molar-refractivity contribution is 6.07. The summed E-state index contributed by atoms with van der Waals surface area (Å²) in [6.45, 7) is 1.56. The van der Waals surface area contributed by atoms with Gasteiger partial charge in [-0.1, -0.05) is 0 Å². The number of ketones is 1. The van der Waals surface area contributed by atoms with Gasteiger partial charge in [0, 0.05) is 31.1 Å². The van der Waals surface area contributed by atoms with Crippen molar-refractivity contribution in [2.75, 3.05) is 0 Å². The van der Waals surface area contributed by atoms with E-state index in [1.165, 1.54) is 41.1 Å². The molecule has 3 rings (SSSR count). The maximum absolute atomic E-state index is 13.3. The van der Waals surface area contributed by atoms with E-state index in [-0.39, 0.29) is 28.6 Å². The number of carbonyl (C=O) groups is 1. The molecule has 0 amide bonds. The summed E-state index contributed by atoms with van der Waals surface area (Å²) in [6.07, 6.45) is 3.08. The number of rotatable bonds is 5. The molecule has 0 bridgehead atoms. The van der Waals surface area contributed by atoms with Gasteiger partial charge in [-0.05, 0) is 42.8 Å². The number of aryl methyl sites for hydroxylation is 2. The van der Waals surface area contributed by atoms with Gasteiger partial charge in [-0.25, -0.2) is 9.37 Å². The van der Waals surface area contributed by atoms with Crippen LogP contribution in [0.3, 0.4) is 0 Å². The largest absolute Gasteiger partial charge is 0.450 e. The summed E-state index contributed by atoms with van der Waals surface area (Å²) in [5.74, 6) is -0.456. The SMILES string of the molecule is Cc1cc(Oc2ccc(C(=O)c3nccn3C)cc2[N+](=O)[O-])ccc1F. The minimum absolute atomic E-state index is 0.0441. The van der Waals surface area contributed by atoms with Crippen LogP contribution in [-0.2, 0) is 7.05 Å². The molecule has 0 N–H and O–H groups in total. The van der Waals surface area contributed by atoms with Crippen molar-refractivity contribution in [3.8, 4) is 11.5 Å². The number of nitro benzene ring substituents is 1. The van der Waals surface area contributed by atoms with Crippen molar-refractivity contribution in [1.82, 2.24) is 9.55 Å². The minimum atomic E-state index is -0.638. The second-order valence-corrected chi connectivity index (χ2v) is 5.64. The topological polar surface area (TPSA) is 87.3 Å². The standard InChI is InChI=1S/C18H14FN3O4/c1-11-9-13(4-5-14(11)19)26-16-6-3-12(10-15(16)22(24)25)17(23)18-20-7-8-21(18)2/h3-10H,1-2H3. The van der Waals surface area contributed by atoms with Crippen molar-refractivity contribution in [2.45, 2.75) is 6.92 Å². The molecule has 26 heavy (non-hydrogen) atoms. The number of ether oxygens (including phenoxy) is 1.